The predicted octanol–water partition coefficient (Wildman–Crippen LogP) is 17.0. The van der Waals surface area contributed by atoms with E-state index in [1.165, 1.54) is 180 Å². The summed E-state index contributed by atoms with van der Waals surface area (Å²) in [6.07, 6.45) is 58.6. The molecule has 0 rings (SSSR count). The molecule has 5 nitrogen and oxygen atoms in total. The second-order valence-electron chi connectivity index (χ2n) is 17.1. The third-order valence-corrected chi connectivity index (χ3v) is 11.1. The lowest BCUT2D eigenvalue weighted by atomic mass is 10.0. The molecule has 1 unspecified atom stereocenters. The van der Waals surface area contributed by atoms with E-state index in [0.717, 1.165) is 51.4 Å². The van der Waals surface area contributed by atoms with Crippen LogP contribution >= 0.6 is 0 Å². The van der Waals surface area contributed by atoms with Gasteiger partial charge in [0.05, 0.1) is 6.61 Å². The number of carbonyl (C=O) groups is 2. The molecule has 0 aliphatic heterocycles. The molecule has 340 valence electrons. The van der Waals surface area contributed by atoms with Crippen LogP contribution in [-0.2, 0) is 23.8 Å². The van der Waals surface area contributed by atoms with Crippen LogP contribution in [0.4, 0.5) is 0 Å². The number of allylic oxidation sites excluding steroid dienone is 6. The molecule has 58 heavy (non-hydrogen) atoms. The fraction of sp³-hybridized carbons (Fsp3) is 0.849. The Kier molecular flexibility index (Phi) is 47.9. The predicted molar refractivity (Wildman–Crippen MR) is 252 cm³/mol. The van der Waals surface area contributed by atoms with E-state index in [1.807, 2.05) is 0 Å². The molecule has 0 amide bonds. The molecule has 0 radical (unpaired) electrons. The van der Waals surface area contributed by atoms with E-state index < -0.39 is 6.10 Å². The first kappa shape index (κ1) is 56.1. The van der Waals surface area contributed by atoms with Crippen molar-refractivity contribution in [1.29, 1.82) is 0 Å². The number of carbonyl (C=O) groups excluding carboxylic acids is 2. The molecule has 0 saturated carbocycles. The molecule has 0 aromatic carbocycles. The fourth-order valence-corrected chi connectivity index (χ4v) is 7.29. The SMILES string of the molecule is CCCC/C=C\CCCCCCCCOCC(COC(=O)CCCCCCCCC/C=C\C/C=C\CCCCC)OC(=O)CCCCCCCCCCCCCCC. The Balaban J connectivity index is 4.23. The van der Waals surface area contributed by atoms with Gasteiger partial charge < -0.3 is 14.2 Å². The molecule has 0 N–H and O–H groups in total. The van der Waals surface area contributed by atoms with Crippen LogP contribution in [0.15, 0.2) is 36.5 Å². The Labute approximate surface area is 361 Å². The van der Waals surface area contributed by atoms with Crippen molar-refractivity contribution in [2.75, 3.05) is 19.8 Å². The van der Waals surface area contributed by atoms with Gasteiger partial charge in [0.1, 0.15) is 6.61 Å². The highest BCUT2D eigenvalue weighted by Gasteiger charge is 2.17. The summed E-state index contributed by atoms with van der Waals surface area (Å²) in [7, 11) is 0. The minimum absolute atomic E-state index is 0.0831. The third kappa shape index (κ3) is 46.8. The van der Waals surface area contributed by atoms with Crippen LogP contribution in [0.3, 0.4) is 0 Å². The summed E-state index contributed by atoms with van der Waals surface area (Å²) >= 11 is 0. The van der Waals surface area contributed by atoms with Crippen LogP contribution < -0.4 is 0 Å². The highest BCUT2D eigenvalue weighted by atomic mass is 16.6. The van der Waals surface area contributed by atoms with Crippen LogP contribution in [-0.4, -0.2) is 37.9 Å². The number of rotatable bonds is 47. The Bertz CT molecular complexity index is 924. The quantitative estimate of drug-likeness (QED) is 0.0348. The van der Waals surface area contributed by atoms with Crippen molar-refractivity contribution in [1.82, 2.24) is 0 Å². The van der Waals surface area contributed by atoms with Crippen LogP contribution in [0, 0.1) is 0 Å². The van der Waals surface area contributed by atoms with Crippen molar-refractivity contribution in [2.24, 2.45) is 0 Å². The number of esters is 2. The normalized spacial score (nSPS) is 12.4. The molecular weight excluding hydrogens is 717 g/mol. The van der Waals surface area contributed by atoms with Crippen LogP contribution in [0.1, 0.15) is 265 Å². The summed E-state index contributed by atoms with van der Waals surface area (Å²) in [5.74, 6) is -0.397. The molecule has 5 heteroatoms. The monoisotopic (exact) mass is 815 g/mol. The van der Waals surface area contributed by atoms with Gasteiger partial charge in [-0.3, -0.25) is 9.59 Å². The number of hydrogen-bond acceptors (Lipinski definition) is 5. The van der Waals surface area contributed by atoms with Crippen LogP contribution in [0.5, 0.6) is 0 Å². The summed E-state index contributed by atoms with van der Waals surface area (Å²) in [5.41, 5.74) is 0. The molecule has 1 atom stereocenters. The summed E-state index contributed by atoms with van der Waals surface area (Å²) < 4.78 is 17.4. The van der Waals surface area contributed by atoms with Gasteiger partial charge in [0.25, 0.3) is 0 Å². The molecule has 0 bridgehead atoms. The van der Waals surface area contributed by atoms with Crippen molar-refractivity contribution < 1.29 is 23.8 Å². The van der Waals surface area contributed by atoms with Crippen LogP contribution in [0.25, 0.3) is 0 Å². The molecule has 0 aliphatic rings. The maximum Gasteiger partial charge on any atom is 0.306 e. The van der Waals surface area contributed by atoms with E-state index in [1.54, 1.807) is 0 Å². The van der Waals surface area contributed by atoms with E-state index in [-0.39, 0.29) is 25.2 Å². The minimum atomic E-state index is -0.536. The molecular formula is C53H98O5. The van der Waals surface area contributed by atoms with E-state index in [2.05, 4.69) is 57.2 Å². The lowest BCUT2D eigenvalue weighted by Crippen LogP contribution is -2.30. The zero-order valence-corrected chi connectivity index (χ0v) is 39.1. The zero-order chi connectivity index (χ0) is 42.1. The molecule has 0 aromatic heterocycles. The first-order valence-electron chi connectivity index (χ1n) is 25.5. The smallest absolute Gasteiger partial charge is 0.306 e. The Morgan fingerprint density at radius 1 is 0.379 bits per heavy atom. The van der Waals surface area contributed by atoms with Gasteiger partial charge in [-0.1, -0.05) is 218 Å². The maximum absolute atomic E-state index is 12.8. The standard InChI is InChI=1S/C53H98O5/c1-4-7-10-13-16-19-22-25-26-27-28-30-31-34-37-40-43-46-52(54)57-50-51(49-56-48-45-42-39-36-33-24-21-18-15-12-9-6-3)58-53(55)47-44-41-38-35-32-29-23-20-17-14-11-8-5-2/h15-16,18-19,25-26,51H,4-14,17,20-24,27-50H2,1-3H3/b18-15-,19-16-,26-25-. The van der Waals surface area contributed by atoms with Gasteiger partial charge in [0, 0.05) is 19.4 Å². The van der Waals surface area contributed by atoms with E-state index in [0.29, 0.717) is 19.4 Å². The zero-order valence-electron chi connectivity index (χ0n) is 39.1. The van der Waals surface area contributed by atoms with Gasteiger partial charge in [-0.15, -0.1) is 0 Å². The number of hydrogen-bond donors (Lipinski definition) is 0. The van der Waals surface area contributed by atoms with Gasteiger partial charge in [0.2, 0.25) is 0 Å². The number of unbranched alkanes of at least 4 members (excludes halogenated alkanes) is 30. The highest BCUT2D eigenvalue weighted by molar-refractivity contribution is 5.70. The molecule has 0 fully saturated rings. The third-order valence-electron chi connectivity index (χ3n) is 11.1. The lowest BCUT2D eigenvalue weighted by molar-refractivity contribution is -0.163. The van der Waals surface area contributed by atoms with Crippen molar-refractivity contribution in [3.63, 3.8) is 0 Å². The summed E-state index contributed by atoms with van der Waals surface area (Å²) in [6, 6.07) is 0. The topological polar surface area (TPSA) is 61.8 Å². The van der Waals surface area contributed by atoms with Crippen molar-refractivity contribution in [3.05, 3.63) is 36.5 Å². The van der Waals surface area contributed by atoms with Crippen molar-refractivity contribution >= 4 is 11.9 Å². The largest absolute Gasteiger partial charge is 0.462 e. The minimum Gasteiger partial charge on any atom is -0.462 e. The Morgan fingerprint density at radius 2 is 0.741 bits per heavy atom. The molecule has 0 spiro atoms. The van der Waals surface area contributed by atoms with Gasteiger partial charge >= 0.3 is 11.9 Å². The van der Waals surface area contributed by atoms with Crippen molar-refractivity contribution in [3.8, 4) is 0 Å². The maximum atomic E-state index is 12.8. The van der Waals surface area contributed by atoms with Gasteiger partial charge in [-0.05, 0) is 70.6 Å². The van der Waals surface area contributed by atoms with E-state index in [4.69, 9.17) is 14.2 Å². The Morgan fingerprint density at radius 3 is 1.24 bits per heavy atom. The molecule has 0 saturated heterocycles. The first-order chi connectivity index (χ1) is 28.6. The van der Waals surface area contributed by atoms with Gasteiger partial charge in [-0.25, -0.2) is 0 Å². The Hall–Kier alpha value is -1.88. The van der Waals surface area contributed by atoms with Crippen LogP contribution in [0.2, 0.25) is 0 Å². The second-order valence-corrected chi connectivity index (χ2v) is 17.1. The molecule has 0 aromatic rings. The number of ether oxygens (including phenoxy) is 3. The van der Waals surface area contributed by atoms with E-state index >= 15 is 0 Å². The first-order valence-corrected chi connectivity index (χ1v) is 25.5. The highest BCUT2D eigenvalue weighted by Crippen LogP contribution is 2.15. The summed E-state index contributed by atoms with van der Waals surface area (Å²) in [4.78, 5) is 25.4. The average molecular weight is 815 g/mol. The summed E-state index contributed by atoms with van der Waals surface area (Å²) in [5, 5.41) is 0. The van der Waals surface area contributed by atoms with Gasteiger partial charge in [-0.2, -0.15) is 0 Å². The average Bonchev–Trinajstić information content (AvgIpc) is 3.22. The fourth-order valence-electron chi connectivity index (χ4n) is 7.29. The lowest BCUT2D eigenvalue weighted by Gasteiger charge is -2.18. The summed E-state index contributed by atoms with van der Waals surface area (Å²) in [6.45, 7) is 7.78. The molecule has 0 aliphatic carbocycles. The van der Waals surface area contributed by atoms with E-state index in [9.17, 15) is 9.59 Å². The second kappa shape index (κ2) is 49.5. The molecule has 0 heterocycles. The van der Waals surface area contributed by atoms with Gasteiger partial charge in [0.15, 0.2) is 6.10 Å². The van der Waals surface area contributed by atoms with Crippen molar-refractivity contribution in [2.45, 2.75) is 271 Å².